The number of nitrogens with zero attached hydrogens (tertiary/aromatic N) is 1. The van der Waals surface area contributed by atoms with Gasteiger partial charge in [0, 0.05) is 52.5 Å². The van der Waals surface area contributed by atoms with Crippen LogP contribution in [0.1, 0.15) is 5.56 Å². The van der Waals surface area contributed by atoms with Gasteiger partial charge in [-0.3, -0.25) is 4.90 Å². The van der Waals surface area contributed by atoms with Gasteiger partial charge in [0.15, 0.2) is 11.5 Å². The number of aromatic hydroxyl groups is 1. The van der Waals surface area contributed by atoms with Crippen LogP contribution >= 0.6 is 11.3 Å². The highest BCUT2D eigenvalue weighted by Gasteiger charge is 2.20. The molecule has 0 unspecified atom stereocenters. The number of phenols is 1. The predicted molar refractivity (Wildman–Crippen MR) is 119 cm³/mol. The number of hydrogen-bond donors (Lipinski definition) is 1. The van der Waals surface area contributed by atoms with Gasteiger partial charge >= 0.3 is 0 Å². The molecule has 0 radical (unpaired) electrons. The predicted octanol–water partition coefficient (Wildman–Crippen LogP) is 5.27. The first kappa shape index (κ1) is 18.4. The molecule has 1 aromatic heterocycles. The topological polar surface area (TPSA) is 41.9 Å². The number of ether oxygens (including phenoxy) is 2. The third-order valence-electron chi connectivity index (χ3n) is 5.52. The van der Waals surface area contributed by atoms with Crippen LogP contribution < -0.4 is 4.74 Å². The van der Waals surface area contributed by atoms with Gasteiger partial charge in [-0.15, -0.1) is 11.3 Å². The van der Waals surface area contributed by atoms with Crippen LogP contribution in [-0.4, -0.2) is 43.4 Å². The molecule has 4 nitrogen and oxygen atoms in total. The number of thiophene rings is 1. The Labute approximate surface area is 173 Å². The van der Waals surface area contributed by atoms with Gasteiger partial charge in [-0.25, -0.2) is 0 Å². The van der Waals surface area contributed by atoms with E-state index in [0.29, 0.717) is 19.0 Å². The lowest BCUT2D eigenvalue weighted by Gasteiger charge is -2.19. The van der Waals surface area contributed by atoms with Crippen molar-refractivity contribution < 1.29 is 14.6 Å². The van der Waals surface area contributed by atoms with Crippen molar-refractivity contribution in [2.45, 2.75) is 6.54 Å². The van der Waals surface area contributed by atoms with Crippen molar-refractivity contribution in [1.29, 1.82) is 0 Å². The average Bonchev–Trinajstić information content (AvgIpc) is 2.97. The maximum atomic E-state index is 10.7. The van der Waals surface area contributed by atoms with E-state index in [9.17, 15) is 5.11 Å². The van der Waals surface area contributed by atoms with Crippen LogP contribution in [0.15, 0.2) is 54.6 Å². The van der Waals surface area contributed by atoms with Crippen molar-refractivity contribution in [2.75, 3.05) is 33.4 Å². The summed E-state index contributed by atoms with van der Waals surface area (Å²) in [4.78, 5) is 2.30. The largest absolute Gasteiger partial charge is 0.504 e. The van der Waals surface area contributed by atoms with Gasteiger partial charge in [0.05, 0.1) is 6.61 Å². The molecule has 0 saturated carbocycles. The number of benzene rings is 3. The lowest BCUT2D eigenvalue weighted by atomic mass is 9.99. The molecule has 29 heavy (non-hydrogen) atoms. The van der Waals surface area contributed by atoms with E-state index in [0.717, 1.165) is 36.3 Å². The van der Waals surface area contributed by atoms with Crippen LogP contribution in [0.2, 0.25) is 0 Å². The molecule has 1 N–H and O–H groups in total. The highest BCUT2D eigenvalue weighted by Crippen LogP contribution is 2.40. The Balaban J connectivity index is 1.57. The van der Waals surface area contributed by atoms with Crippen molar-refractivity contribution in [1.82, 2.24) is 4.90 Å². The van der Waals surface area contributed by atoms with Gasteiger partial charge in [0.1, 0.15) is 6.61 Å². The fourth-order valence-electron chi connectivity index (χ4n) is 4.04. The fourth-order valence-corrected chi connectivity index (χ4v) is 5.12. The second-order valence-corrected chi connectivity index (χ2v) is 8.49. The molecule has 0 bridgehead atoms. The molecule has 5 heteroatoms. The first-order chi connectivity index (χ1) is 14.2. The van der Waals surface area contributed by atoms with E-state index in [1.165, 1.54) is 20.2 Å². The van der Waals surface area contributed by atoms with Crippen LogP contribution in [0.3, 0.4) is 0 Å². The number of phenolic OH excluding ortho intramolecular Hbond substituents is 1. The molecule has 0 saturated heterocycles. The molecule has 0 spiro atoms. The lowest BCUT2D eigenvalue weighted by Crippen LogP contribution is -2.29. The SMILES string of the molecule is COCCN1CCOc2c(O)cc(-c3ccc4sc5ccccc5c4c3)cc2C1. The fraction of sp³-hybridized carbons (Fsp3) is 0.250. The quantitative estimate of drug-likeness (QED) is 0.502. The van der Waals surface area contributed by atoms with Gasteiger partial charge in [0.25, 0.3) is 0 Å². The zero-order valence-electron chi connectivity index (χ0n) is 16.4. The molecule has 0 atom stereocenters. The van der Waals surface area contributed by atoms with E-state index in [1.807, 2.05) is 17.4 Å². The molecule has 1 aliphatic heterocycles. The van der Waals surface area contributed by atoms with Gasteiger partial charge in [-0.05, 0) is 41.5 Å². The highest BCUT2D eigenvalue weighted by atomic mass is 32.1. The molecule has 4 aromatic rings. The lowest BCUT2D eigenvalue weighted by molar-refractivity contribution is 0.138. The molecule has 1 aliphatic rings. The molecule has 0 aliphatic carbocycles. The molecule has 3 aromatic carbocycles. The summed E-state index contributed by atoms with van der Waals surface area (Å²) < 4.78 is 13.7. The van der Waals surface area contributed by atoms with Crippen molar-refractivity contribution in [2.24, 2.45) is 0 Å². The minimum Gasteiger partial charge on any atom is -0.504 e. The van der Waals surface area contributed by atoms with Crippen LogP contribution in [0.25, 0.3) is 31.3 Å². The molecular formula is C24H23NO3S. The smallest absolute Gasteiger partial charge is 0.165 e. The number of fused-ring (bicyclic) bond motifs is 4. The standard InChI is InChI=1S/C24H23NO3S/c1-27-10-8-25-9-11-28-24-18(15-25)12-17(14-21(24)26)16-6-7-23-20(13-16)19-4-2-3-5-22(19)29-23/h2-7,12-14,26H,8-11,15H2,1H3. The summed E-state index contributed by atoms with van der Waals surface area (Å²) in [5.41, 5.74) is 3.13. The van der Waals surface area contributed by atoms with E-state index in [-0.39, 0.29) is 5.75 Å². The van der Waals surface area contributed by atoms with Gasteiger partial charge in [0.2, 0.25) is 0 Å². The van der Waals surface area contributed by atoms with E-state index in [4.69, 9.17) is 9.47 Å². The minimum absolute atomic E-state index is 0.210. The zero-order chi connectivity index (χ0) is 19.8. The maximum Gasteiger partial charge on any atom is 0.165 e. The van der Waals surface area contributed by atoms with E-state index >= 15 is 0 Å². The Morgan fingerprint density at radius 1 is 1.03 bits per heavy atom. The first-order valence-electron chi connectivity index (χ1n) is 9.84. The van der Waals surface area contributed by atoms with Crippen LogP contribution in [-0.2, 0) is 11.3 Å². The van der Waals surface area contributed by atoms with Crippen molar-refractivity contribution >= 4 is 31.5 Å². The summed E-state index contributed by atoms with van der Waals surface area (Å²) in [6.45, 7) is 3.65. The van der Waals surface area contributed by atoms with Gasteiger partial charge in [-0.1, -0.05) is 24.3 Å². The third kappa shape index (κ3) is 3.46. The second kappa shape index (κ2) is 7.67. The average molecular weight is 406 g/mol. The van der Waals surface area contributed by atoms with Gasteiger partial charge in [-0.2, -0.15) is 0 Å². The van der Waals surface area contributed by atoms with Crippen LogP contribution in [0, 0.1) is 0 Å². The van der Waals surface area contributed by atoms with Gasteiger partial charge < -0.3 is 14.6 Å². The number of rotatable bonds is 4. The van der Waals surface area contributed by atoms with E-state index in [1.54, 1.807) is 7.11 Å². The summed E-state index contributed by atoms with van der Waals surface area (Å²) in [6, 6.07) is 19.0. The Hall–Kier alpha value is -2.60. The zero-order valence-corrected chi connectivity index (χ0v) is 17.2. The van der Waals surface area contributed by atoms with Crippen molar-refractivity contribution in [3.05, 3.63) is 60.2 Å². The molecule has 5 rings (SSSR count). The van der Waals surface area contributed by atoms with E-state index < -0.39 is 0 Å². The monoisotopic (exact) mass is 405 g/mol. The van der Waals surface area contributed by atoms with E-state index in [2.05, 4.69) is 53.4 Å². The summed E-state index contributed by atoms with van der Waals surface area (Å²) >= 11 is 1.81. The summed E-state index contributed by atoms with van der Waals surface area (Å²) in [5.74, 6) is 0.817. The Morgan fingerprint density at radius 3 is 2.79 bits per heavy atom. The van der Waals surface area contributed by atoms with Crippen molar-refractivity contribution in [3.8, 4) is 22.6 Å². The number of hydrogen-bond acceptors (Lipinski definition) is 5. The normalized spacial score (nSPS) is 14.7. The summed E-state index contributed by atoms with van der Waals surface area (Å²) in [7, 11) is 1.72. The Kier molecular flexibility index (Phi) is 4.87. The number of methoxy groups -OCH3 is 1. The summed E-state index contributed by atoms with van der Waals surface area (Å²) in [5, 5.41) is 13.2. The minimum atomic E-state index is 0.210. The molecule has 0 fully saturated rings. The first-order valence-corrected chi connectivity index (χ1v) is 10.7. The Bertz CT molecular complexity index is 1180. The van der Waals surface area contributed by atoms with Crippen molar-refractivity contribution in [3.63, 3.8) is 0 Å². The second-order valence-electron chi connectivity index (χ2n) is 7.41. The van der Waals surface area contributed by atoms with Crippen LogP contribution in [0.4, 0.5) is 0 Å². The third-order valence-corrected chi connectivity index (χ3v) is 6.67. The highest BCUT2D eigenvalue weighted by molar-refractivity contribution is 7.25. The molecule has 2 heterocycles. The van der Waals surface area contributed by atoms with Crippen LogP contribution in [0.5, 0.6) is 11.5 Å². The maximum absolute atomic E-state index is 10.7. The molecular weight excluding hydrogens is 382 g/mol. The summed E-state index contributed by atoms with van der Waals surface area (Å²) in [6.07, 6.45) is 0. The molecule has 148 valence electrons. The molecule has 0 amide bonds. The Morgan fingerprint density at radius 2 is 1.90 bits per heavy atom.